The third kappa shape index (κ3) is 5.07. The predicted molar refractivity (Wildman–Crippen MR) is 97.4 cm³/mol. The number of thioether (sulfide) groups is 1. The minimum atomic E-state index is -0.0219. The molecule has 1 aromatic heterocycles. The molecule has 24 heavy (non-hydrogen) atoms. The van der Waals surface area contributed by atoms with Crippen molar-refractivity contribution < 1.29 is 9.53 Å². The van der Waals surface area contributed by atoms with Gasteiger partial charge in [0.2, 0.25) is 11.0 Å². The number of amides is 1. The molecule has 0 spiro atoms. The van der Waals surface area contributed by atoms with E-state index in [0.29, 0.717) is 22.5 Å². The number of hydrogen-bond donors (Lipinski definition) is 2. The highest BCUT2D eigenvalue weighted by molar-refractivity contribution is 8.01. The Bertz CT molecular complexity index is 692. The first-order valence-electron chi connectivity index (χ1n) is 7.57. The smallest absolute Gasteiger partial charge is 0.230 e. The van der Waals surface area contributed by atoms with Crippen LogP contribution in [-0.4, -0.2) is 41.1 Å². The number of para-hydroxylation sites is 1. The summed E-state index contributed by atoms with van der Waals surface area (Å²) in [4.78, 5) is 11.9. The Kier molecular flexibility index (Phi) is 6.30. The second-order valence-electron chi connectivity index (χ2n) is 5.21. The van der Waals surface area contributed by atoms with Gasteiger partial charge in [0.05, 0.1) is 22.6 Å². The number of halogens is 1. The molecule has 1 atom stereocenters. The van der Waals surface area contributed by atoms with Crippen LogP contribution in [0.1, 0.15) is 12.8 Å². The molecule has 0 bridgehead atoms. The highest BCUT2D eigenvalue weighted by atomic mass is 35.5. The lowest BCUT2D eigenvalue weighted by Gasteiger charge is -2.09. The molecule has 0 aliphatic carbocycles. The van der Waals surface area contributed by atoms with Gasteiger partial charge >= 0.3 is 0 Å². The fourth-order valence-corrected chi connectivity index (χ4v) is 3.98. The molecule has 6 nitrogen and oxygen atoms in total. The SMILES string of the molecule is O=C(CSc1nnc(Nc2ccccc2Cl)s1)NCC1CCCO1. The van der Waals surface area contributed by atoms with E-state index >= 15 is 0 Å². The second kappa shape index (κ2) is 8.66. The average molecular weight is 385 g/mol. The number of ether oxygens (including phenoxy) is 1. The summed E-state index contributed by atoms with van der Waals surface area (Å²) in [7, 11) is 0. The van der Waals surface area contributed by atoms with E-state index in [1.54, 1.807) is 6.07 Å². The summed E-state index contributed by atoms with van der Waals surface area (Å²) < 4.78 is 6.21. The predicted octanol–water partition coefficient (Wildman–Crippen LogP) is 3.32. The summed E-state index contributed by atoms with van der Waals surface area (Å²) in [6, 6.07) is 7.43. The maximum absolute atomic E-state index is 11.9. The molecule has 2 aromatic rings. The first-order chi connectivity index (χ1) is 11.7. The van der Waals surface area contributed by atoms with Crippen molar-refractivity contribution >= 4 is 51.4 Å². The summed E-state index contributed by atoms with van der Waals surface area (Å²) in [5.41, 5.74) is 0.779. The molecule has 1 aromatic carbocycles. The van der Waals surface area contributed by atoms with Crippen LogP contribution in [0, 0.1) is 0 Å². The Balaban J connectivity index is 1.44. The van der Waals surface area contributed by atoms with E-state index in [-0.39, 0.29) is 12.0 Å². The van der Waals surface area contributed by atoms with Crippen LogP contribution in [0.5, 0.6) is 0 Å². The molecule has 0 saturated carbocycles. The Morgan fingerprint density at radius 2 is 2.29 bits per heavy atom. The summed E-state index contributed by atoms with van der Waals surface area (Å²) >= 11 is 8.85. The van der Waals surface area contributed by atoms with E-state index in [1.807, 2.05) is 18.2 Å². The minimum Gasteiger partial charge on any atom is -0.376 e. The van der Waals surface area contributed by atoms with Gasteiger partial charge < -0.3 is 15.4 Å². The number of hydrogen-bond acceptors (Lipinski definition) is 7. The number of carbonyl (C=O) groups excluding carboxylic acids is 1. The molecular weight excluding hydrogens is 368 g/mol. The molecule has 0 radical (unpaired) electrons. The van der Waals surface area contributed by atoms with Gasteiger partial charge in [-0.25, -0.2) is 0 Å². The molecule has 1 fully saturated rings. The summed E-state index contributed by atoms with van der Waals surface area (Å²) in [5, 5.41) is 15.4. The summed E-state index contributed by atoms with van der Waals surface area (Å²) in [5.74, 6) is 0.291. The zero-order valence-electron chi connectivity index (χ0n) is 12.8. The number of aromatic nitrogens is 2. The van der Waals surface area contributed by atoms with E-state index in [0.717, 1.165) is 29.5 Å². The lowest BCUT2D eigenvalue weighted by molar-refractivity contribution is -0.119. The zero-order chi connectivity index (χ0) is 16.8. The van der Waals surface area contributed by atoms with E-state index in [9.17, 15) is 4.79 Å². The quantitative estimate of drug-likeness (QED) is 0.713. The third-order valence-electron chi connectivity index (χ3n) is 3.40. The Morgan fingerprint density at radius 1 is 1.42 bits per heavy atom. The number of benzene rings is 1. The van der Waals surface area contributed by atoms with Crippen molar-refractivity contribution in [2.24, 2.45) is 0 Å². The van der Waals surface area contributed by atoms with Crippen molar-refractivity contribution in [3.8, 4) is 0 Å². The molecule has 1 saturated heterocycles. The molecule has 128 valence electrons. The maximum atomic E-state index is 11.9. The van der Waals surface area contributed by atoms with Gasteiger partial charge in [-0.1, -0.05) is 46.8 Å². The molecule has 1 amide bonds. The van der Waals surface area contributed by atoms with Crippen LogP contribution in [0.15, 0.2) is 28.6 Å². The normalized spacial score (nSPS) is 17.0. The number of rotatable bonds is 7. The van der Waals surface area contributed by atoms with Gasteiger partial charge in [-0.2, -0.15) is 0 Å². The van der Waals surface area contributed by atoms with Crippen molar-refractivity contribution in [3.05, 3.63) is 29.3 Å². The molecular formula is C15H17ClN4O2S2. The number of nitrogens with zero attached hydrogens (tertiary/aromatic N) is 2. The lowest BCUT2D eigenvalue weighted by atomic mass is 10.2. The van der Waals surface area contributed by atoms with E-state index in [1.165, 1.54) is 23.1 Å². The maximum Gasteiger partial charge on any atom is 0.230 e. The van der Waals surface area contributed by atoms with Gasteiger partial charge in [-0.3, -0.25) is 4.79 Å². The largest absolute Gasteiger partial charge is 0.376 e. The monoisotopic (exact) mass is 384 g/mol. The second-order valence-corrected chi connectivity index (χ2v) is 7.81. The lowest BCUT2D eigenvalue weighted by Crippen LogP contribution is -2.32. The molecule has 1 aliphatic heterocycles. The van der Waals surface area contributed by atoms with Crippen LogP contribution >= 0.6 is 34.7 Å². The van der Waals surface area contributed by atoms with Crippen LogP contribution in [0.2, 0.25) is 5.02 Å². The number of carbonyl (C=O) groups is 1. The summed E-state index contributed by atoms with van der Waals surface area (Å²) in [6.07, 6.45) is 2.24. The van der Waals surface area contributed by atoms with Crippen molar-refractivity contribution in [1.82, 2.24) is 15.5 Å². The van der Waals surface area contributed by atoms with Crippen LogP contribution in [0.25, 0.3) is 0 Å². The van der Waals surface area contributed by atoms with Crippen LogP contribution in [0.3, 0.4) is 0 Å². The topological polar surface area (TPSA) is 76.1 Å². The van der Waals surface area contributed by atoms with Gasteiger partial charge in [-0.15, -0.1) is 10.2 Å². The first-order valence-corrected chi connectivity index (χ1v) is 9.75. The zero-order valence-corrected chi connectivity index (χ0v) is 15.2. The molecule has 1 aliphatic rings. The van der Waals surface area contributed by atoms with Gasteiger partial charge in [0.25, 0.3) is 0 Å². The number of nitrogens with one attached hydrogen (secondary N) is 2. The number of anilines is 2. The first kappa shape index (κ1) is 17.5. The summed E-state index contributed by atoms with van der Waals surface area (Å²) in [6.45, 7) is 1.37. The Labute approximate surface area is 153 Å². The fraction of sp³-hybridized carbons (Fsp3) is 0.400. The van der Waals surface area contributed by atoms with Crippen LogP contribution in [-0.2, 0) is 9.53 Å². The van der Waals surface area contributed by atoms with Crippen LogP contribution in [0.4, 0.5) is 10.8 Å². The van der Waals surface area contributed by atoms with Gasteiger partial charge in [0, 0.05) is 13.2 Å². The highest BCUT2D eigenvalue weighted by Gasteiger charge is 2.16. The van der Waals surface area contributed by atoms with Crippen LogP contribution < -0.4 is 10.6 Å². The molecule has 2 N–H and O–H groups in total. The van der Waals surface area contributed by atoms with Gasteiger partial charge in [0.15, 0.2) is 4.34 Å². The van der Waals surface area contributed by atoms with Gasteiger partial charge in [-0.05, 0) is 25.0 Å². The Morgan fingerprint density at radius 3 is 3.08 bits per heavy atom. The fourth-order valence-electron chi connectivity index (χ4n) is 2.21. The average Bonchev–Trinajstić information content (AvgIpc) is 3.25. The molecule has 9 heteroatoms. The molecule has 1 unspecified atom stereocenters. The van der Waals surface area contributed by atoms with Crippen molar-refractivity contribution in [3.63, 3.8) is 0 Å². The minimum absolute atomic E-state index is 0.0219. The third-order valence-corrected chi connectivity index (χ3v) is 5.70. The molecule has 3 rings (SSSR count). The standard InChI is InChI=1S/C15H17ClN4O2S2/c16-11-5-1-2-6-12(11)18-14-19-20-15(24-14)23-9-13(21)17-8-10-4-3-7-22-10/h1-2,5-6,10H,3-4,7-9H2,(H,17,21)(H,18,19). The van der Waals surface area contributed by atoms with Crippen molar-refractivity contribution in [1.29, 1.82) is 0 Å². The highest BCUT2D eigenvalue weighted by Crippen LogP contribution is 2.30. The van der Waals surface area contributed by atoms with Crippen molar-refractivity contribution in [2.75, 3.05) is 24.2 Å². The van der Waals surface area contributed by atoms with Crippen molar-refractivity contribution in [2.45, 2.75) is 23.3 Å². The Hall–Kier alpha value is -1.35. The van der Waals surface area contributed by atoms with E-state index < -0.39 is 0 Å². The van der Waals surface area contributed by atoms with E-state index in [4.69, 9.17) is 16.3 Å². The van der Waals surface area contributed by atoms with E-state index in [2.05, 4.69) is 20.8 Å². The van der Waals surface area contributed by atoms with Gasteiger partial charge in [0.1, 0.15) is 0 Å². The molecule has 2 heterocycles.